The number of sulfone groups is 1. The van der Waals surface area contributed by atoms with Gasteiger partial charge in [-0.1, -0.05) is 35.3 Å². The lowest BCUT2D eigenvalue weighted by atomic mass is 9.90. The number of esters is 2. The van der Waals surface area contributed by atoms with Gasteiger partial charge < -0.3 is 9.47 Å². The molecule has 2 atom stereocenters. The molecule has 0 unspecified atom stereocenters. The van der Waals surface area contributed by atoms with Crippen molar-refractivity contribution in [2.45, 2.75) is 12.8 Å². The maximum absolute atomic E-state index is 12.3. The molecule has 29 heavy (non-hydrogen) atoms. The number of benzene rings is 2. The molecule has 9 heteroatoms. The monoisotopic (exact) mass is 456 g/mol. The normalized spacial score (nSPS) is 20.2. The summed E-state index contributed by atoms with van der Waals surface area (Å²) in [7, 11) is -3.35. The second-order valence-electron chi connectivity index (χ2n) is 6.87. The van der Waals surface area contributed by atoms with Gasteiger partial charge in [-0.2, -0.15) is 0 Å². The zero-order valence-electron chi connectivity index (χ0n) is 15.2. The number of ether oxygens (including phenoxy) is 2. The summed E-state index contributed by atoms with van der Waals surface area (Å²) in [4.78, 5) is 24.5. The van der Waals surface area contributed by atoms with Gasteiger partial charge in [0.1, 0.15) is 11.5 Å². The molecule has 3 rings (SSSR count). The average Bonchev–Trinajstić information content (AvgIpc) is 2.87. The highest BCUT2D eigenvalue weighted by atomic mass is 35.5. The van der Waals surface area contributed by atoms with Gasteiger partial charge in [0, 0.05) is 10.0 Å². The Morgan fingerprint density at radius 3 is 1.62 bits per heavy atom. The van der Waals surface area contributed by atoms with E-state index in [0.29, 0.717) is 10.0 Å². The van der Waals surface area contributed by atoms with Crippen LogP contribution in [0.15, 0.2) is 48.5 Å². The topological polar surface area (TPSA) is 86.7 Å². The molecular weight excluding hydrogens is 439 g/mol. The Balaban J connectivity index is 1.62. The maximum Gasteiger partial charge on any atom is 0.311 e. The van der Waals surface area contributed by atoms with E-state index in [1.54, 1.807) is 36.4 Å². The molecule has 0 saturated carbocycles. The molecular formula is C20H18Cl2O6S. The first-order valence-electron chi connectivity index (χ1n) is 8.83. The van der Waals surface area contributed by atoms with E-state index in [2.05, 4.69) is 0 Å². The van der Waals surface area contributed by atoms with E-state index in [1.807, 2.05) is 0 Å². The summed E-state index contributed by atoms with van der Waals surface area (Å²) in [6.07, 6.45) is -0.248. The van der Waals surface area contributed by atoms with Crippen LogP contribution in [0.4, 0.5) is 0 Å². The number of carbonyl (C=O) groups is 2. The Morgan fingerprint density at radius 2 is 1.24 bits per heavy atom. The van der Waals surface area contributed by atoms with Gasteiger partial charge in [0.05, 0.1) is 24.3 Å². The Kier molecular flexibility index (Phi) is 6.82. The molecule has 2 aromatic rings. The van der Waals surface area contributed by atoms with Crippen molar-refractivity contribution >= 4 is 45.0 Å². The summed E-state index contributed by atoms with van der Waals surface area (Å²) in [5.41, 5.74) is 0. The van der Waals surface area contributed by atoms with E-state index in [1.165, 1.54) is 12.1 Å². The number of halogens is 2. The van der Waals surface area contributed by atoms with Crippen LogP contribution in [-0.4, -0.2) is 31.9 Å². The number of rotatable bonds is 6. The molecule has 1 aliphatic heterocycles. The highest BCUT2D eigenvalue weighted by Gasteiger charge is 2.40. The molecule has 0 radical (unpaired) electrons. The lowest BCUT2D eigenvalue weighted by Crippen LogP contribution is -2.23. The summed E-state index contributed by atoms with van der Waals surface area (Å²) < 4.78 is 34.6. The minimum atomic E-state index is -3.35. The largest absolute Gasteiger partial charge is 0.426 e. The van der Waals surface area contributed by atoms with Crippen LogP contribution in [0.3, 0.4) is 0 Å². The first kappa shape index (κ1) is 21.6. The van der Waals surface area contributed by atoms with E-state index in [9.17, 15) is 18.0 Å². The molecule has 0 bridgehead atoms. The predicted octanol–water partition coefficient (Wildman–Crippen LogP) is 3.95. The zero-order valence-corrected chi connectivity index (χ0v) is 17.5. The highest BCUT2D eigenvalue weighted by Crippen LogP contribution is 2.32. The quantitative estimate of drug-likeness (QED) is 0.483. The molecule has 0 N–H and O–H groups in total. The first-order chi connectivity index (χ1) is 13.7. The molecule has 1 fully saturated rings. The van der Waals surface area contributed by atoms with Crippen molar-refractivity contribution in [3.63, 3.8) is 0 Å². The Hall–Kier alpha value is -2.09. The molecule has 154 valence electrons. The van der Waals surface area contributed by atoms with Gasteiger partial charge in [0.25, 0.3) is 0 Å². The van der Waals surface area contributed by atoms with E-state index in [4.69, 9.17) is 32.7 Å². The van der Waals surface area contributed by atoms with Crippen LogP contribution in [0.2, 0.25) is 10.0 Å². The van der Waals surface area contributed by atoms with Gasteiger partial charge in [-0.25, -0.2) is 8.42 Å². The van der Waals surface area contributed by atoms with Crippen molar-refractivity contribution in [3.05, 3.63) is 58.6 Å². The third-order valence-corrected chi connectivity index (χ3v) is 6.86. The van der Waals surface area contributed by atoms with Crippen LogP contribution in [0.5, 0.6) is 11.5 Å². The van der Waals surface area contributed by atoms with Crippen LogP contribution < -0.4 is 9.47 Å². The number of hydrogen-bond acceptors (Lipinski definition) is 6. The molecule has 1 aliphatic rings. The standard InChI is InChI=1S/C20H18Cl2O6S/c21-15-3-1-5-17(9-15)27-19(23)7-13-11-29(25,26)12-14(13)8-20(24)28-18-6-2-4-16(22)10-18/h1-6,9-10,13-14H,7-8,11-12H2/t13-,14-/m1/s1. The SMILES string of the molecule is O=C(C[C@@H]1CS(=O)(=O)C[C@H]1CC(=O)Oc1cccc(Cl)c1)Oc1cccc(Cl)c1. The average molecular weight is 457 g/mol. The molecule has 0 aromatic heterocycles. The Morgan fingerprint density at radius 1 is 0.828 bits per heavy atom. The van der Waals surface area contributed by atoms with Crippen molar-refractivity contribution < 1.29 is 27.5 Å². The van der Waals surface area contributed by atoms with Crippen molar-refractivity contribution in [1.29, 1.82) is 0 Å². The van der Waals surface area contributed by atoms with Crippen molar-refractivity contribution in [2.24, 2.45) is 11.8 Å². The summed E-state index contributed by atoms with van der Waals surface area (Å²) in [6.45, 7) is 0. The van der Waals surface area contributed by atoms with Gasteiger partial charge in [-0.3, -0.25) is 9.59 Å². The molecule has 6 nitrogen and oxygen atoms in total. The summed E-state index contributed by atoms with van der Waals surface area (Å²) >= 11 is 11.7. The number of hydrogen-bond donors (Lipinski definition) is 0. The molecule has 1 saturated heterocycles. The van der Waals surface area contributed by atoms with Gasteiger partial charge in [-0.15, -0.1) is 0 Å². The maximum atomic E-state index is 12.3. The fourth-order valence-electron chi connectivity index (χ4n) is 3.28. The highest BCUT2D eigenvalue weighted by molar-refractivity contribution is 7.91. The Labute approximate surface area is 178 Å². The van der Waals surface area contributed by atoms with Crippen LogP contribution in [0.1, 0.15) is 12.8 Å². The Bertz CT molecular complexity index is 946. The molecule has 0 spiro atoms. The van der Waals surface area contributed by atoms with Gasteiger partial charge in [-0.05, 0) is 48.2 Å². The third kappa shape index (κ3) is 6.45. The van der Waals surface area contributed by atoms with Crippen LogP contribution >= 0.6 is 23.2 Å². The van der Waals surface area contributed by atoms with Crippen molar-refractivity contribution in [2.75, 3.05) is 11.5 Å². The van der Waals surface area contributed by atoms with Gasteiger partial charge >= 0.3 is 11.9 Å². The van der Waals surface area contributed by atoms with Crippen LogP contribution in [0.25, 0.3) is 0 Å². The number of carbonyl (C=O) groups excluding carboxylic acids is 2. The molecule has 0 aliphatic carbocycles. The summed E-state index contributed by atoms with van der Waals surface area (Å²) in [5, 5.41) is 0.834. The molecule has 2 aromatic carbocycles. The second kappa shape index (κ2) is 9.15. The van der Waals surface area contributed by atoms with Crippen LogP contribution in [0, 0.1) is 11.8 Å². The van der Waals surface area contributed by atoms with Gasteiger partial charge in [0.15, 0.2) is 9.84 Å². The fraction of sp³-hybridized carbons (Fsp3) is 0.300. The van der Waals surface area contributed by atoms with Gasteiger partial charge in [0.2, 0.25) is 0 Å². The van der Waals surface area contributed by atoms with E-state index in [-0.39, 0.29) is 35.8 Å². The lowest BCUT2D eigenvalue weighted by Gasteiger charge is -2.16. The van der Waals surface area contributed by atoms with Crippen molar-refractivity contribution in [1.82, 2.24) is 0 Å². The van der Waals surface area contributed by atoms with Crippen molar-refractivity contribution in [3.8, 4) is 11.5 Å². The molecule has 0 amide bonds. The van der Waals surface area contributed by atoms with E-state index < -0.39 is 33.6 Å². The van der Waals surface area contributed by atoms with E-state index in [0.717, 1.165) is 0 Å². The summed E-state index contributed by atoms with van der Waals surface area (Å²) in [6, 6.07) is 12.7. The van der Waals surface area contributed by atoms with Crippen LogP contribution in [-0.2, 0) is 19.4 Å². The minimum absolute atomic E-state index is 0.124. The third-order valence-electron chi connectivity index (χ3n) is 4.52. The second-order valence-corrected chi connectivity index (χ2v) is 9.89. The van der Waals surface area contributed by atoms with E-state index >= 15 is 0 Å². The first-order valence-corrected chi connectivity index (χ1v) is 11.4. The lowest BCUT2D eigenvalue weighted by molar-refractivity contribution is -0.138. The smallest absolute Gasteiger partial charge is 0.311 e. The fourth-order valence-corrected chi connectivity index (χ4v) is 5.86. The minimum Gasteiger partial charge on any atom is -0.426 e. The molecule has 1 heterocycles. The predicted molar refractivity (Wildman–Crippen MR) is 109 cm³/mol. The summed E-state index contributed by atoms with van der Waals surface area (Å²) in [5.74, 6) is -2.01. The zero-order chi connectivity index (χ0) is 21.0.